The lowest BCUT2D eigenvalue weighted by Crippen LogP contribution is -2.28. The fourth-order valence-corrected chi connectivity index (χ4v) is 2.20. The molecule has 1 aliphatic carbocycles. The summed E-state index contributed by atoms with van der Waals surface area (Å²) in [6.45, 7) is 0. The first-order valence-corrected chi connectivity index (χ1v) is 4.90. The number of hydrogen-bond donors (Lipinski definition) is 1. The number of amides is 1. The molecule has 0 aliphatic heterocycles. The van der Waals surface area contributed by atoms with Crippen molar-refractivity contribution in [2.24, 2.45) is 11.7 Å². The third-order valence-corrected chi connectivity index (χ3v) is 3.72. The molecule has 1 saturated carbocycles. The van der Waals surface area contributed by atoms with Crippen LogP contribution in [-0.4, -0.2) is 9.83 Å². The van der Waals surface area contributed by atoms with E-state index in [1.165, 1.54) is 25.7 Å². The SMILES string of the molecule is NC(=O)C(I)C1CCCC1. The molecule has 0 heterocycles. The number of hydrogen-bond acceptors (Lipinski definition) is 1. The minimum absolute atomic E-state index is 0.0695. The van der Waals surface area contributed by atoms with E-state index in [1.807, 2.05) is 0 Å². The Kier molecular flexibility index (Phi) is 2.95. The summed E-state index contributed by atoms with van der Waals surface area (Å²) in [4.78, 5) is 10.7. The van der Waals surface area contributed by atoms with E-state index in [2.05, 4.69) is 22.6 Å². The number of nitrogens with two attached hydrogens (primary N) is 1. The maximum atomic E-state index is 10.7. The van der Waals surface area contributed by atoms with Crippen LogP contribution in [0.15, 0.2) is 0 Å². The summed E-state index contributed by atoms with van der Waals surface area (Å²) in [5.41, 5.74) is 5.17. The van der Waals surface area contributed by atoms with Crippen LogP contribution in [-0.2, 0) is 4.79 Å². The minimum atomic E-state index is -0.146. The molecule has 0 bridgehead atoms. The minimum Gasteiger partial charge on any atom is -0.369 e. The molecule has 2 nitrogen and oxygen atoms in total. The highest BCUT2D eigenvalue weighted by Gasteiger charge is 2.26. The molecule has 0 saturated heterocycles. The van der Waals surface area contributed by atoms with Crippen LogP contribution in [0.25, 0.3) is 0 Å². The first-order valence-electron chi connectivity index (χ1n) is 3.65. The van der Waals surface area contributed by atoms with E-state index in [0.29, 0.717) is 5.92 Å². The van der Waals surface area contributed by atoms with E-state index < -0.39 is 0 Å². The van der Waals surface area contributed by atoms with E-state index in [4.69, 9.17) is 5.73 Å². The topological polar surface area (TPSA) is 43.1 Å². The van der Waals surface area contributed by atoms with Gasteiger partial charge in [0.25, 0.3) is 0 Å². The number of rotatable bonds is 2. The maximum Gasteiger partial charge on any atom is 0.230 e. The van der Waals surface area contributed by atoms with Crippen molar-refractivity contribution in [1.29, 1.82) is 0 Å². The van der Waals surface area contributed by atoms with Gasteiger partial charge < -0.3 is 5.73 Å². The lowest BCUT2D eigenvalue weighted by atomic mass is 10.0. The van der Waals surface area contributed by atoms with Crippen LogP contribution < -0.4 is 5.73 Å². The van der Waals surface area contributed by atoms with E-state index in [1.54, 1.807) is 0 Å². The summed E-state index contributed by atoms with van der Waals surface area (Å²) in [6.07, 6.45) is 4.93. The molecular formula is C7H12INO. The standard InChI is InChI=1S/C7H12INO/c8-6(7(9)10)5-3-1-2-4-5/h5-6H,1-4H2,(H2,9,10). The van der Waals surface area contributed by atoms with Crippen LogP contribution in [0, 0.1) is 5.92 Å². The summed E-state index contributed by atoms with van der Waals surface area (Å²) in [5.74, 6) is 0.422. The molecule has 1 aliphatic rings. The van der Waals surface area contributed by atoms with Crippen LogP contribution in [0.4, 0.5) is 0 Å². The van der Waals surface area contributed by atoms with Gasteiger partial charge in [-0.15, -0.1) is 0 Å². The monoisotopic (exact) mass is 253 g/mol. The van der Waals surface area contributed by atoms with Gasteiger partial charge in [-0.2, -0.15) is 0 Å². The van der Waals surface area contributed by atoms with Gasteiger partial charge >= 0.3 is 0 Å². The number of carbonyl (C=O) groups excluding carboxylic acids is 1. The van der Waals surface area contributed by atoms with E-state index in [-0.39, 0.29) is 9.83 Å². The Hall–Kier alpha value is 0.200. The van der Waals surface area contributed by atoms with Gasteiger partial charge in [0, 0.05) is 0 Å². The highest BCUT2D eigenvalue weighted by Crippen LogP contribution is 2.31. The lowest BCUT2D eigenvalue weighted by molar-refractivity contribution is -0.117. The molecule has 0 aromatic rings. The average molecular weight is 253 g/mol. The second-order valence-electron chi connectivity index (χ2n) is 2.85. The van der Waals surface area contributed by atoms with Crippen molar-refractivity contribution >= 4 is 28.5 Å². The summed E-state index contributed by atoms with van der Waals surface area (Å²) in [5, 5.41) is 0. The van der Waals surface area contributed by atoms with Crippen molar-refractivity contribution in [3.8, 4) is 0 Å². The Morgan fingerprint density at radius 3 is 2.40 bits per heavy atom. The first kappa shape index (κ1) is 8.30. The average Bonchev–Trinajstić information content (AvgIpc) is 2.36. The zero-order valence-electron chi connectivity index (χ0n) is 5.85. The van der Waals surface area contributed by atoms with Crippen LogP contribution in [0.2, 0.25) is 0 Å². The molecular weight excluding hydrogens is 241 g/mol. The molecule has 1 unspecified atom stereocenters. The van der Waals surface area contributed by atoms with Crippen molar-refractivity contribution in [2.45, 2.75) is 29.6 Å². The van der Waals surface area contributed by atoms with Crippen LogP contribution in [0.1, 0.15) is 25.7 Å². The van der Waals surface area contributed by atoms with Gasteiger partial charge in [0.2, 0.25) is 5.91 Å². The fourth-order valence-electron chi connectivity index (χ4n) is 1.48. The summed E-state index contributed by atoms with van der Waals surface area (Å²) < 4.78 is 0.0695. The van der Waals surface area contributed by atoms with Crippen LogP contribution >= 0.6 is 22.6 Å². The smallest absolute Gasteiger partial charge is 0.230 e. The molecule has 1 atom stereocenters. The van der Waals surface area contributed by atoms with Gasteiger partial charge in [-0.25, -0.2) is 0 Å². The van der Waals surface area contributed by atoms with Crippen molar-refractivity contribution < 1.29 is 4.79 Å². The molecule has 2 N–H and O–H groups in total. The van der Waals surface area contributed by atoms with E-state index >= 15 is 0 Å². The molecule has 0 aromatic carbocycles. The van der Waals surface area contributed by atoms with Gasteiger partial charge in [-0.3, -0.25) is 4.79 Å². The Morgan fingerprint density at radius 2 is 2.00 bits per heavy atom. The molecule has 1 fully saturated rings. The number of carbonyl (C=O) groups is 1. The third kappa shape index (κ3) is 1.84. The Bertz CT molecular complexity index is 132. The lowest BCUT2D eigenvalue weighted by Gasteiger charge is -2.12. The zero-order valence-corrected chi connectivity index (χ0v) is 8.00. The van der Waals surface area contributed by atoms with Crippen LogP contribution in [0.5, 0.6) is 0 Å². The molecule has 0 radical (unpaired) electrons. The second-order valence-corrected chi connectivity index (χ2v) is 4.19. The molecule has 58 valence electrons. The first-order chi connectivity index (χ1) is 4.72. The summed E-state index contributed by atoms with van der Waals surface area (Å²) in [7, 11) is 0. The van der Waals surface area contributed by atoms with Crippen molar-refractivity contribution in [2.75, 3.05) is 0 Å². The highest BCUT2D eigenvalue weighted by atomic mass is 127. The second kappa shape index (κ2) is 3.55. The Labute approximate surface area is 74.7 Å². The van der Waals surface area contributed by atoms with Crippen molar-refractivity contribution in [1.82, 2.24) is 0 Å². The molecule has 10 heavy (non-hydrogen) atoms. The van der Waals surface area contributed by atoms with Gasteiger partial charge in [-0.05, 0) is 18.8 Å². The van der Waals surface area contributed by atoms with Gasteiger partial charge in [0.1, 0.15) is 0 Å². The van der Waals surface area contributed by atoms with E-state index in [9.17, 15) is 4.79 Å². The number of halogens is 1. The molecule has 0 spiro atoms. The predicted octanol–water partition coefficient (Wildman–Crippen LogP) is 1.47. The predicted molar refractivity (Wildman–Crippen MR) is 49.0 cm³/mol. The Balaban J connectivity index is 2.39. The Morgan fingerprint density at radius 1 is 1.50 bits per heavy atom. The van der Waals surface area contributed by atoms with Gasteiger partial charge in [0.15, 0.2) is 0 Å². The molecule has 0 aromatic heterocycles. The van der Waals surface area contributed by atoms with Crippen LogP contribution in [0.3, 0.4) is 0 Å². The summed E-state index contributed by atoms with van der Waals surface area (Å²) in [6, 6.07) is 0. The number of alkyl halides is 1. The zero-order chi connectivity index (χ0) is 7.56. The fraction of sp³-hybridized carbons (Fsp3) is 0.857. The molecule has 3 heteroatoms. The molecule has 1 amide bonds. The van der Waals surface area contributed by atoms with Crippen molar-refractivity contribution in [3.05, 3.63) is 0 Å². The molecule has 1 rings (SSSR count). The quantitative estimate of drug-likeness (QED) is 0.587. The van der Waals surface area contributed by atoms with Gasteiger partial charge in [-0.1, -0.05) is 35.4 Å². The van der Waals surface area contributed by atoms with Gasteiger partial charge in [0.05, 0.1) is 3.92 Å². The normalized spacial score (nSPS) is 22.9. The summed E-state index contributed by atoms with van der Waals surface area (Å²) >= 11 is 2.16. The third-order valence-electron chi connectivity index (χ3n) is 2.09. The van der Waals surface area contributed by atoms with E-state index in [0.717, 1.165) is 0 Å². The number of primary amides is 1. The van der Waals surface area contributed by atoms with Crippen molar-refractivity contribution in [3.63, 3.8) is 0 Å². The maximum absolute atomic E-state index is 10.7. The highest BCUT2D eigenvalue weighted by molar-refractivity contribution is 14.1. The largest absolute Gasteiger partial charge is 0.369 e.